The monoisotopic (exact) mass is 309 g/mol. The molecule has 5 nitrogen and oxygen atoms in total. The van der Waals surface area contributed by atoms with E-state index < -0.39 is 10.0 Å². The van der Waals surface area contributed by atoms with Crippen molar-refractivity contribution in [3.63, 3.8) is 0 Å². The molecule has 0 amide bonds. The van der Waals surface area contributed by atoms with Gasteiger partial charge >= 0.3 is 0 Å². The molecule has 0 bridgehead atoms. The number of benzene rings is 1. The van der Waals surface area contributed by atoms with Gasteiger partial charge in [0.15, 0.2) is 0 Å². The van der Waals surface area contributed by atoms with E-state index >= 15 is 0 Å². The highest BCUT2D eigenvalue weighted by molar-refractivity contribution is 7.89. The van der Waals surface area contributed by atoms with Gasteiger partial charge in [0, 0.05) is 19.2 Å². The molecule has 21 heavy (non-hydrogen) atoms. The number of aliphatic hydroxyl groups excluding tert-OH is 1. The predicted octanol–water partition coefficient (Wildman–Crippen LogP) is 0.878. The van der Waals surface area contributed by atoms with Crippen LogP contribution >= 0.6 is 0 Å². The summed E-state index contributed by atoms with van der Waals surface area (Å²) in [6.45, 7) is 0.0681. The van der Waals surface area contributed by atoms with Crippen LogP contribution < -0.4 is 4.72 Å². The van der Waals surface area contributed by atoms with Crippen LogP contribution in [0.1, 0.15) is 24.8 Å². The summed E-state index contributed by atoms with van der Waals surface area (Å²) in [5, 5.41) is 8.62. The zero-order chi connectivity index (χ0) is 15.3. The maximum Gasteiger partial charge on any atom is 0.240 e. The standard InChI is InChI=1S/C15H19NO4S/c1-20-15(9-3-10-15)12-16-21(18,19)14-7-5-13(6-8-14)4-2-11-17/h5-8,16-17H,3,9-12H2,1H3. The van der Waals surface area contributed by atoms with Gasteiger partial charge in [-0.3, -0.25) is 0 Å². The number of methoxy groups -OCH3 is 1. The van der Waals surface area contributed by atoms with Crippen LogP contribution in [0.15, 0.2) is 29.2 Å². The van der Waals surface area contributed by atoms with Crippen LogP contribution in [0.2, 0.25) is 0 Å². The summed E-state index contributed by atoms with van der Waals surface area (Å²) in [4.78, 5) is 0.197. The molecule has 0 saturated heterocycles. The van der Waals surface area contributed by atoms with Crippen LogP contribution in [0.25, 0.3) is 0 Å². The van der Waals surface area contributed by atoms with E-state index in [1.54, 1.807) is 19.2 Å². The van der Waals surface area contributed by atoms with Gasteiger partial charge in [-0.25, -0.2) is 13.1 Å². The minimum atomic E-state index is -3.54. The summed E-state index contributed by atoms with van der Waals surface area (Å²) >= 11 is 0. The molecular formula is C15H19NO4S. The van der Waals surface area contributed by atoms with Crippen molar-refractivity contribution in [2.75, 3.05) is 20.3 Å². The predicted molar refractivity (Wildman–Crippen MR) is 79.2 cm³/mol. The minimum Gasteiger partial charge on any atom is -0.384 e. The van der Waals surface area contributed by atoms with Crippen molar-refractivity contribution in [2.24, 2.45) is 0 Å². The van der Waals surface area contributed by atoms with Crippen LogP contribution in [0.4, 0.5) is 0 Å². The first kappa shape index (κ1) is 16.0. The van der Waals surface area contributed by atoms with Crippen molar-refractivity contribution in [3.05, 3.63) is 29.8 Å². The third-order valence-electron chi connectivity index (χ3n) is 3.76. The Labute approximate surface area is 125 Å². The highest BCUT2D eigenvalue weighted by atomic mass is 32.2. The first-order chi connectivity index (χ1) is 10.0. The summed E-state index contributed by atoms with van der Waals surface area (Å²) in [5.41, 5.74) is 0.315. The maximum absolute atomic E-state index is 12.2. The lowest BCUT2D eigenvalue weighted by Gasteiger charge is -2.40. The van der Waals surface area contributed by atoms with E-state index in [9.17, 15) is 8.42 Å². The average Bonchev–Trinajstić information content (AvgIpc) is 2.45. The first-order valence-corrected chi connectivity index (χ1v) is 8.24. The molecule has 0 heterocycles. The Balaban J connectivity index is 2.05. The molecule has 0 radical (unpaired) electrons. The van der Waals surface area contributed by atoms with Gasteiger partial charge < -0.3 is 9.84 Å². The van der Waals surface area contributed by atoms with Crippen LogP contribution in [0.3, 0.4) is 0 Å². The summed E-state index contributed by atoms with van der Waals surface area (Å²) in [6.07, 6.45) is 2.82. The van der Waals surface area contributed by atoms with Crippen molar-refractivity contribution in [1.82, 2.24) is 4.72 Å². The summed E-state index contributed by atoms with van der Waals surface area (Å²) < 4.78 is 32.4. The second-order valence-corrected chi connectivity index (χ2v) is 6.82. The molecule has 1 aliphatic rings. The van der Waals surface area contributed by atoms with Crippen LogP contribution in [-0.4, -0.2) is 39.4 Å². The van der Waals surface area contributed by atoms with Gasteiger partial charge in [-0.05, 0) is 43.5 Å². The smallest absolute Gasteiger partial charge is 0.240 e. The van der Waals surface area contributed by atoms with Crippen molar-refractivity contribution in [2.45, 2.75) is 29.8 Å². The largest absolute Gasteiger partial charge is 0.384 e. The van der Waals surface area contributed by atoms with Crippen molar-refractivity contribution >= 4 is 10.0 Å². The molecule has 1 aromatic carbocycles. The minimum absolute atomic E-state index is 0.197. The summed E-state index contributed by atoms with van der Waals surface area (Å²) in [6, 6.07) is 6.24. The van der Waals surface area contributed by atoms with Gasteiger partial charge in [-0.2, -0.15) is 0 Å². The second kappa shape index (κ2) is 6.58. The molecule has 2 rings (SSSR count). The number of ether oxygens (including phenoxy) is 1. The molecule has 0 spiro atoms. The molecule has 114 valence electrons. The van der Waals surface area contributed by atoms with Gasteiger partial charge in [-0.1, -0.05) is 11.8 Å². The van der Waals surface area contributed by atoms with E-state index in [0.717, 1.165) is 19.3 Å². The van der Waals surface area contributed by atoms with E-state index in [0.29, 0.717) is 5.56 Å². The van der Waals surface area contributed by atoms with E-state index in [2.05, 4.69) is 16.6 Å². The van der Waals surface area contributed by atoms with E-state index in [1.807, 2.05) is 0 Å². The average molecular weight is 309 g/mol. The Morgan fingerprint density at radius 2 is 2.00 bits per heavy atom. The number of nitrogens with one attached hydrogen (secondary N) is 1. The fourth-order valence-corrected chi connectivity index (χ4v) is 3.31. The van der Waals surface area contributed by atoms with E-state index in [1.165, 1.54) is 12.1 Å². The normalized spacial score (nSPS) is 16.7. The topological polar surface area (TPSA) is 75.6 Å². The molecule has 6 heteroatoms. The van der Waals surface area contributed by atoms with Gasteiger partial charge in [0.2, 0.25) is 10.0 Å². The fraction of sp³-hybridized carbons (Fsp3) is 0.467. The quantitative estimate of drug-likeness (QED) is 0.792. The van der Waals surface area contributed by atoms with Crippen molar-refractivity contribution in [1.29, 1.82) is 0 Å². The molecule has 1 fully saturated rings. The summed E-state index contributed by atoms with van der Waals surface area (Å²) in [7, 11) is -1.93. The molecule has 1 aromatic rings. The number of sulfonamides is 1. The third kappa shape index (κ3) is 3.83. The number of hydrogen-bond donors (Lipinski definition) is 2. The van der Waals surface area contributed by atoms with Gasteiger partial charge in [0.05, 0.1) is 10.5 Å². The Hall–Kier alpha value is -1.39. The Kier molecular flexibility index (Phi) is 5.01. The second-order valence-electron chi connectivity index (χ2n) is 5.05. The zero-order valence-corrected chi connectivity index (χ0v) is 12.7. The molecule has 1 saturated carbocycles. The number of hydrogen-bond acceptors (Lipinski definition) is 4. The zero-order valence-electron chi connectivity index (χ0n) is 11.9. The SMILES string of the molecule is COC1(CNS(=O)(=O)c2ccc(C#CCO)cc2)CCC1. The van der Waals surface area contributed by atoms with E-state index in [4.69, 9.17) is 9.84 Å². The number of rotatable bonds is 5. The molecule has 0 unspecified atom stereocenters. The van der Waals surface area contributed by atoms with Gasteiger partial charge in [0.1, 0.15) is 6.61 Å². The molecule has 0 atom stereocenters. The third-order valence-corrected chi connectivity index (χ3v) is 5.18. The summed E-state index contributed by atoms with van der Waals surface area (Å²) in [5.74, 6) is 5.24. The van der Waals surface area contributed by atoms with Gasteiger partial charge in [0.25, 0.3) is 0 Å². The lowest BCUT2D eigenvalue weighted by atomic mass is 9.80. The Morgan fingerprint density at radius 1 is 1.33 bits per heavy atom. The highest BCUT2D eigenvalue weighted by Gasteiger charge is 2.37. The molecule has 2 N–H and O–H groups in total. The molecule has 1 aliphatic carbocycles. The lowest BCUT2D eigenvalue weighted by molar-refractivity contribution is -0.0659. The van der Waals surface area contributed by atoms with E-state index in [-0.39, 0.29) is 23.6 Å². The van der Waals surface area contributed by atoms with Crippen LogP contribution in [0.5, 0.6) is 0 Å². The van der Waals surface area contributed by atoms with Crippen molar-refractivity contribution < 1.29 is 18.3 Å². The lowest BCUT2D eigenvalue weighted by Crippen LogP contribution is -2.49. The molecular weight excluding hydrogens is 290 g/mol. The number of aliphatic hydroxyl groups is 1. The molecule has 0 aliphatic heterocycles. The first-order valence-electron chi connectivity index (χ1n) is 6.76. The molecule has 0 aromatic heterocycles. The van der Waals surface area contributed by atoms with Crippen LogP contribution in [-0.2, 0) is 14.8 Å². The highest BCUT2D eigenvalue weighted by Crippen LogP contribution is 2.34. The van der Waals surface area contributed by atoms with Crippen LogP contribution in [0, 0.1) is 11.8 Å². The Bertz CT molecular complexity index is 631. The van der Waals surface area contributed by atoms with Gasteiger partial charge in [-0.15, -0.1) is 0 Å². The van der Waals surface area contributed by atoms with Crippen molar-refractivity contribution in [3.8, 4) is 11.8 Å². The Morgan fingerprint density at radius 3 is 2.48 bits per heavy atom. The maximum atomic E-state index is 12.2. The fourth-order valence-electron chi connectivity index (χ4n) is 2.19.